The highest BCUT2D eigenvalue weighted by Gasteiger charge is 2.32. The minimum atomic E-state index is 0.120. The van der Waals surface area contributed by atoms with E-state index in [9.17, 15) is 4.79 Å². The summed E-state index contributed by atoms with van der Waals surface area (Å²) < 4.78 is 0. The summed E-state index contributed by atoms with van der Waals surface area (Å²) in [5.41, 5.74) is 0.968. The first-order chi connectivity index (χ1) is 10.3. The van der Waals surface area contributed by atoms with Crippen LogP contribution < -0.4 is 15.5 Å². The van der Waals surface area contributed by atoms with Gasteiger partial charge >= 0.3 is 0 Å². The molecule has 2 fully saturated rings. The van der Waals surface area contributed by atoms with Crippen LogP contribution >= 0.6 is 0 Å². The first-order valence-electron chi connectivity index (χ1n) is 7.69. The largest absolute Gasteiger partial charge is 0.354 e. The maximum absolute atomic E-state index is 12.2. The molecule has 5 nitrogen and oxygen atoms in total. The normalized spacial score (nSPS) is 22.5. The quantitative estimate of drug-likeness (QED) is 0.651. The van der Waals surface area contributed by atoms with E-state index >= 15 is 0 Å². The highest BCUT2D eigenvalue weighted by Crippen LogP contribution is 2.21. The van der Waals surface area contributed by atoms with Crippen LogP contribution in [0.4, 0.5) is 5.69 Å². The van der Waals surface area contributed by atoms with Crippen LogP contribution in [0.25, 0.3) is 0 Å². The Morgan fingerprint density at radius 1 is 1.24 bits per heavy atom. The van der Waals surface area contributed by atoms with Gasteiger partial charge in [-0.3, -0.25) is 9.79 Å². The second-order valence-electron chi connectivity index (χ2n) is 5.63. The van der Waals surface area contributed by atoms with E-state index < -0.39 is 0 Å². The number of carbonyl (C=O) groups excluding carboxylic acids is 1. The highest BCUT2D eigenvalue weighted by atomic mass is 16.2. The molecule has 1 saturated heterocycles. The Morgan fingerprint density at radius 2 is 1.95 bits per heavy atom. The minimum Gasteiger partial charge on any atom is -0.354 e. The number of guanidine groups is 1. The fraction of sp³-hybridized carbons (Fsp3) is 0.500. The van der Waals surface area contributed by atoms with Gasteiger partial charge in [0.25, 0.3) is 0 Å². The first kappa shape index (κ1) is 13.9. The van der Waals surface area contributed by atoms with Crippen LogP contribution in [0.1, 0.15) is 26.2 Å². The Hall–Kier alpha value is -2.04. The number of aliphatic imine (C=N–C) groups is 1. The summed E-state index contributed by atoms with van der Waals surface area (Å²) in [6.45, 7) is 3.45. The van der Waals surface area contributed by atoms with Crippen molar-refractivity contribution in [3.05, 3.63) is 30.3 Å². The Bertz CT molecular complexity index is 524. The zero-order valence-electron chi connectivity index (χ0n) is 12.4. The minimum absolute atomic E-state index is 0.120. The van der Waals surface area contributed by atoms with Gasteiger partial charge in [0.1, 0.15) is 0 Å². The molecule has 0 spiro atoms. The third-order valence-corrected chi connectivity index (χ3v) is 3.77. The van der Waals surface area contributed by atoms with Gasteiger partial charge in [-0.2, -0.15) is 0 Å². The number of hydrogen-bond donors (Lipinski definition) is 2. The second-order valence-corrected chi connectivity index (χ2v) is 5.63. The number of amides is 1. The number of benzene rings is 1. The summed E-state index contributed by atoms with van der Waals surface area (Å²) in [6.07, 6.45) is 2.94. The van der Waals surface area contributed by atoms with Crippen molar-refractivity contribution in [3.8, 4) is 0 Å². The van der Waals surface area contributed by atoms with Crippen molar-refractivity contribution in [2.45, 2.75) is 38.3 Å². The molecular weight excluding hydrogens is 264 g/mol. The van der Waals surface area contributed by atoms with Crippen LogP contribution in [0.15, 0.2) is 35.3 Å². The summed E-state index contributed by atoms with van der Waals surface area (Å²) in [7, 11) is 0. The Morgan fingerprint density at radius 3 is 2.62 bits per heavy atom. The molecule has 1 aromatic carbocycles. The lowest BCUT2D eigenvalue weighted by atomic mass is 10.2. The molecule has 1 aromatic rings. The van der Waals surface area contributed by atoms with Gasteiger partial charge in [0, 0.05) is 31.2 Å². The van der Waals surface area contributed by atoms with E-state index in [0.29, 0.717) is 19.0 Å². The zero-order chi connectivity index (χ0) is 14.7. The van der Waals surface area contributed by atoms with E-state index in [1.165, 1.54) is 12.8 Å². The van der Waals surface area contributed by atoms with E-state index in [2.05, 4.69) is 15.6 Å². The fourth-order valence-electron chi connectivity index (χ4n) is 2.57. The summed E-state index contributed by atoms with van der Waals surface area (Å²) >= 11 is 0. The van der Waals surface area contributed by atoms with Crippen molar-refractivity contribution in [2.24, 2.45) is 4.99 Å². The van der Waals surface area contributed by atoms with Crippen molar-refractivity contribution in [2.75, 3.05) is 18.0 Å². The van der Waals surface area contributed by atoms with E-state index in [1.807, 2.05) is 42.2 Å². The van der Waals surface area contributed by atoms with Gasteiger partial charge in [0.05, 0.1) is 6.04 Å². The van der Waals surface area contributed by atoms with Crippen molar-refractivity contribution in [1.82, 2.24) is 10.6 Å². The molecule has 3 rings (SSSR count). The van der Waals surface area contributed by atoms with Crippen LogP contribution in [-0.2, 0) is 4.79 Å². The molecule has 1 aliphatic heterocycles. The molecule has 1 amide bonds. The van der Waals surface area contributed by atoms with Gasteiger partial charge in [-0.25, -0.2) is 0 Å². The van der Waals surface area contributed by atoms with Crippen LogP contribution in [-0.4, -0.2) is 37.0 Å². The fourth-order valence-corrected chi connectivity index (χ4v) is 2.57. The SMILES string of the molecule is CCN=C(NC1CC1)NC1CC(=O)N(c2ccccc2)C1. The molecule has 21 heavy (non-hydrogen) atoms. The van der Waals surface area contributed by atoms with Crippen LogP contribution in [0, 0.1) is 0 Å². The topological polar surface area (TPSA) is 56.7 Å². The average molecular weight is 286 g/mol. The number of carbonyl (C=O) groups is 1. The van der Waals surface area contributed by atoms with E-state index in [-0.39, 0.29) is 11.9 Å². The molecule has 5 heteroatoms. The predicted molar refractivity (Wildman–Crippen MR) is 84.5 cm³/mol. The zero-order valence-corrected chi connectivity index (χ0v) is 12.4. The third-order valence-electron chi connectivity index (χ3n) is 3.77. The molecule has 1 aliphatic carbocycles. The van der Waals surface area contributed by atoms with Crippen molar-refractivity contribution in [3.63, 3.8) is 0 Å². The second kappa shape index (κ2) is 6.16. The highest BCUT2D eigenvalue weighted by molar-refractivity contribution is 5.97. The number of nitrogens with zero attached hydrogens (tertiary/aromatic N) is 2. The van der Waals surface area contributed by atoms with Crippen LogP contribution in [0.5, 0.6) is 0 Å². The average Bonchev–Trinajstić information content (AvgIpc) is 3.22. The summed E-state index contributed by atoms with van der Waals surface area (Å²) in [6, 6.07) is 10.5. The molecule has 2 N–H and O–H groups in total. The third kappa shape index (κ3) is 3.54. The molecule has 1 atom stereocenters. The molecular formula is C16H22N4O. The maximum atomic E-state index is 12.2. The Kier molecular flexibility index (Phi) is 4.08. The van der Waals surface area contributed by atoms with Crippen molar-refractivity contribution >= 4 is 17.6 Å². The Labute approximate surface area is 125 Å². The predicted octanol–water partition coefficient (Wildman–Crippen LogP) is 1.51. The van der Waals surface area contributed by atoms with Crippen LogP contribution in [0.3, 0.4) is 0 Å². The lowest BCUT2D eigenvalue weighted by molar-refractivity contribution is -0.117. The van der Waals surface area contributed by atoms with Gasteiger partial charge in [-0.05, 0) is 31.9 Å². The number of para-hydroxylation sites is 1. The van der Waals surface area contributed by atoms with Crippen molar-refractivity contribution < 1.29 is 4.79 Å². The molecule has 0 radical (unpaired) electrons. The van der Waals surface area contributed by atoms with E-state index in [0.717, 1.165) is 18.2 Å². The number of anilines is 1. The van der Waals surface area contributed by atoms with Crippen molar-refractivity contribution in [1.29, 1.82) is 0 Å². The molecule has 1 heterocycles. The van der Waals surface area contributed by atoms with Gasteiger partial charge in [-0.15, -0.1) is 0 Å². The van der Waals surface area contributed by atoms with Gasteiger partial charge in [0.15, 0.2) is 5.96 Å². The molecule has 0 bridgehead atoms. The van der Waals surface area contributed by atoms with Gasteiger partial charge in [-0.1, -0.05) is 18.2 Å². The number of nitrogens with one attached hydrogen (secondary N) is 2. The van der Waals surface area contributed by atoms with E-state index in [1.54, 1.807) is 0 Å². The van der Waals surface area contributed by atoms with Crippen LogP contribution in [0.2, 0.25) is 0 Å². The summed E-state index contributed by atoms with van der Waals surface area (Å²) in [5, 5.41) is 6.79. The lowest BCUT2D eigenvalue weighted by Gasteiger charge is -2.19. The smallest absolute Gasteiger partial charge is 0.229 e. The summed E-state index contributed by atoms with van der Waals surface area (Å²) in [5.74, 6) is 1.01. The van der Waals surface area contributed by atoms with Gasteiger partial charge in [0.2, 0.25) is 5.91 Å². The van der Waals surface area contributed by atoms with E-state index in [4.69, 9.17) is 0 Å². The molecule has 1 saturated carbocycles. The van der Waals surface area contributed by atoms with Gasteiger partial charge < -0.3 is 15.5 Å². The lowest BCUT2D eigenvalue weighted by Crippen LogP contribution is -2.45. The number of hydrogen-bond acceptors (Lipinski definition) is 2. The number of rotatable bonds is 4. The maximum Gasteiger partial charge on any atom is 0.229 e. The molecule has 2 aliphatic rings. The monoisotopic (exact) mass is 286 g/mol. The summed E-state index contributed by atoms with van der Waals surface area (Å²) in [4.78, 5) is 18.5. The Balaban J connectivity index is 1.62. The molecule has 1 unspecified atom stereocenters. The first-order valence-corrected chi connectivity index (χ1v) is 7.69. The standard InChI is InChI=1S/C16H22N4O/c1-2-17-16(18-12-8-9-12)19-13-10-15(21)20(11-13)14-6-4-3-5-7-14/h3-7,12-13H,2,8-11H2,1H3,(H2,17,18,19). The molecule has 0 aromatic heterocycles. The molecule has 112 valence electrons.